The summed E-state index contributed by atoms with van der Waals surface area (Å²) in [6.07, 6.45) is 1.74. The maximum atomic E-state index is 11.8. The van der Waals surface area contributed by atoms with Gasteiger partial charge in [0.15, 0.2) is 0 Å². The lowest BCUT2D eigenvalue weighted by Crippen LogP contribution is -2.35. The standard InChI is InChI=1S/C12H21NO3/c1-12(2,3)16-11(15)13-6-9(8-4-5-8)10(14)7-13/h8-10,14H,4-7H2,1-3H3/t9-,10+/m0/s1. The van der Waals surface area contributed by atoms with Crippen LogP contribution in [0.15, 0.2) is 0 Å². The number of aliphatic hydroxyl groups is 1. The third-order valence-electron chi connectivity index (χ3n) is 3.21. The molecule has 0 bridgehead atoms. The molecule has 1 N–H and O–H groups in total. The van der Waals surface area contributed by atoms with Gasteiger partial charge in [-0.05, 0) is 39.5 Å². The minimum atomic E-state index is -0.459. The topological polar surface area (TPSA) is 49.8 Å². The van der Waals surface area contributed by atoms with Gasteiger partial charge in [0.2, 0.25) is 0 Å². The van der Waals surface area contributed by atoms with E-state index in [0.29, 0.717) is 19.0 Å². The van der Waals surface area contributed by atoms with Crippen LogP contribution in [-0.4, -0.2) is 40.9 Å². The van der Waals surface area contributed by atoms with Crippen molar-refractivity contribution in [1.29, 1.82) is 0 Å². The number of β-amino-alcohol motifs (C(OH)–C–C–N with tert-alkyl or cyclic N) is 1. The number of amides is 1. The van der Waals surface area contributed by atoms with Gasteiger partial charge in [-0.25, -0.2) is 4.79 Å². The maximum Gasteiger partial charge on any atom is 0.410 e. The molecule has 2 rings (SSSR count). The van der Waals surface area contributed by atoms with E-state index in [2.05, 4.69) is 0 Å². The van der Waals surface area contributed by atoms with Crippen LogP contribution in [-0.2, 0) is 4.74 Å². The van der Waals surface area contributed by atoms with E-state index in [0.717, 1.165) is 0 Å². The van der Waals surface area contributed by atoms with Gasteiger partial charge in [-0.15, -0.1) is 0 Å². The molecule has 2 atom stereocenters. The molecule has 0 aromatic carbocycles. The Balaban J connectivity index is 1.89. The monoisotopic (exact) mass is 227 g/mol. The lowest BCUT2D eigenvalue weighted by molar-refractivity contribution is 0.0269. The molecule has 0 aromatic rings. The van der Waals surface area contributed by atoms with Crippen LogP contribution < -0.4 is 0 Å². The van der Waals surface area contributed by atoms with E-state index in [-0.39, 0.29) is 18.1 Å². The van der Waals surface area contributed by atoms with Crippen molar-refractivity contribution in [2.24, 2.45) is 11.8 Å². The summed E-state index contributed by atoms with van der Waals surface area (Å²) in [6, 6.07) is 0. The molecule has 2 aliphatic rings. The van der Waals surface area contributed by atoms with Gasteiger partial charge in [0, 0.05) is 12.5 Å². The minimum absolute atomic E-state index is 0.271. The summed E-state index contributed by atoms with van der Waals surface area (Å²) in [5.74, 6) is 0.898. The van der Waals surface area contributed by atoms with Crippen molar-refractivity contribution in [2.75, 3.05) is 13.1 Å². The second-order valence-corrected chi connectivity index (χ2v) is 5.95. The van der Waals surface area contributed by atoms with E-state index >= 15 is 0 Å². The molecular weight excluding hydrogens is 206 g/mol. The van der Waals surface area contributed by atoms with Crippen LogP contribution in [0.3, 0.4) is 0 Å². The second kappa shape index (κ2) is 3.91. The highest BCUT2D eigenvalue weighted by Gasteiger charge is 2.43. The molecule has 1 heterocycles. The van der Waals surface area contributed by atoms with Gasteiger partial charge in [-0.3, -0.25) is 0 Å². The Bertz CT molecular complexity index is 280. The van der Waals surface area contributed by atoms with Crippen LogP contribution in [0.5, 0.6) is 0 Å². The van der Waals surface area contributed by atoms with Crippen LogP contribution in [0.2, 0.25) is 0 Å². The van der Waals surface area contributed by atoms with E-state index in [1.807, 2.05) is 20.8 Å². The van der Waals surface area contributed by atoms with Crippen LogP contribution in [0.1, 0.15) is 33.6 Å². The van der Waals surface area contributed by atoms with Gasteiger partial charge >= 0.3 is 6.09 Å². The number of ether oxygens (including phenoxy) is 1. The number of hydrogen-bond acceptors (Lipinski definition) is 3. The predicted octanol–water partition coefficient (Wildman–Crippen LogP) is 1.62. The molecular formula is C12H21NO3. The first-order valence-corrected chi connectivity index (χ1v) is 6.03. The summed E-state index contributed by atoms with van der Waals surface area (Å²) in [5.41, 5.74) is -0.459. The van der Waals surface area contributed by atoms with Crippen molar-refractivity contribution in [3.8, 4) is 0 Å². The first-order chi connectivity index (χ1) is 7.37. The molecule has 1 amide bonds. The van der Waals surface area contributed by atoms with Gasteiger partial charge in [0.05, 0.1) is 12.6 Å². The first kappa shape index (κ1) is 11.7. The number of carbonyl (C=O) groups is 1. The van der Waals surface area contributed by atoms with Gasteiger partial charge in [0.1, 0.15) is 5.60 Å². The summed E-state index contributed by atoms with van der Waals surface area (Å²) in [5, 5.41) is 9.87. The predicted molar refractivity (Wildman–Crippen MR) is 60.0 cm³/mol. The van der Waals surface area contributed by atoms with Crippen molar-refractivity contribution in [1.82, 2.24) is 4.90 Å². The van der Waals surface area contributed by atoms with Crippen molar-refractivity contribution in [3.05, 3.63) is 0 Å². The fourth-order valence-electron chi connectivity index (χ4n) is 2.28. The van der Waals surface area contributed by atoms with Gasteiger partial charge < -0.3 is 14.7 Å². The molecule has 1 saturated carbocycles. The highest BCUT2D eigenvalue weighted by molar-refractivity contribution is 5.68. The zero-order valence-electron chi connectivity index (χ0n) is 10.3. The largest absolute Gasteiger partial charge is 0.444 e. The van der Waals surface area contributed by atoms with Crippen molar-refractivity contribution < 1.29 is 14.6 Å². The van der Waals surface area contributed by atoms with E-state index in [4.69, 9.17) is 4.74 Å². The molecule has 4 nitrogen and oxygen atoms in total. The third-order valence-corrected chi connectivity index (χ3v) is 3.21. The summed E-state index contributed by atoms with van der Waals surface area (Å²) in [4.78, 5) is 13.4. The van der Waals surface area contributed by atoms with E-state index < -0.39 is 5.60 Å². The molecule has 0 aromatic heterocycles. The maximum absolute atomic E-state index is 11.8. The third kappa shape index (κ3) is 2.67. The zero-order valence-corrected chi connectivity index (χ0v) is 10.3. The fraction of sp³-hybridized carbons (Fsp3) is 0.917. The Morgan fingerprint density at radius 3 is 2.44 bits per heavy atom. The molecule has 2 fully saturated rings. The van der Waals surface area contributed by atoms with Crippen molar-refractivity contribution >= 4 is 6.09 Å². The number of hydrogen-bond donors (Lipinski definition) is 1. The second-order valence-electron chi connectivity index (χ2n) is 5.95. The fourth-order valence-corrected chi connectivity index (χ4v) is 2.28. The number of likely N-dealkylation sites (tertiary alicyclic amines) is 1. The molecule has 0 radical (unpaired) electrons. The Labute approximate surface area is 96.6 Å². The van der Waals surface area contributed by atoms with Crippen LogP contribution in [0.25, 0.3) is 0 Å². The van der Waals surface area contributed by atoms with E-state index in [1.165, 1.54) is 12.8 Å². The SMILES string of the molecule is CC(C)(C)OC(=O)N1C[C@@H](O)[C@H](C2CC2)C1. The zero-order chi connectivity index (χ0) is 11.9. The quantitative estimate of drug-likeness (QED) is 0.740. The summed E-state index contributed by atoms with van der Waals surface area (Å²) in [7, 11) is 0. The Morgan fingerprint density at radius 1 is 1.31 bits per heavy atom. The molecule has 0 spiro atoms. The van der Waals surface area contributed by atoms with Gasteiger partial charge in [0.25, 0.3) is 0 Å². The first-order valence-electron chi connectivity index (χ1n) is 6.03. The summed E-state index contributed by atoms with van der Waals surface area (Å²) in [6.45, 7) is 6.65. The molecule has 92 valence electrons. The van der Waals surface area contributed by atoms with Crippen LogP contribution in [0, 0.1) is 11.8 Å². The number of aliphatic hydroxyl groups excluding tert-OH is 1. The normalized spacial score (nSPS) is 30.6. The summed E-state index contributed by atoms with van der Waals surface area (Å²) < 4.78 is 5.29. The number of rotatable bonds is 1. The van der Waals surface area contributed by atoms with Crippen molar-refractivity contribution in [2.45, 2.75) is 45.3 Å². The molecule has 0 unspecified atom stereocenters. The van der Waals surface area contributed by atoms with Gasteiger partial charge in [-0.1, -0.05) is 0 Å². The van der Waals surface area contributed by atoms with Gasteiger partial charge in [-0.2, -0.15) is 0 Å². The smallest absolute Gasteiger partial charge is 0.410 e. The van der Waals surface area contributed by atoms with Crippen LogP contribution in [0.4, 0.5) is 4.79 Å². The average Bonchev–Trinajstić information content (AvgIpc) is 2.87. The molecule has 16 heavy (non-hydrogen) atoms. The highest BCUT2D eigenvalue weighted by atomic mass is 16.6. The minimum Gasteiger partial charge on any atom is -0.444 e. The highest BCUT2D eigenvalue weighted by Crippen LogP contribution is 2.41. The Kier molecular flexibility index (Phi) is 2.86. The lowest BCUT2D eigenvalue weighted by Gasteiger charge is -2.24. The number of carbonyl (C=O) groups excluding carboxylic acids is 1. The molecule has 1 aliphatic heterocycles. The lowest BCUT2D eigenvalue weighted by atomic mass is 10.0. The molecule has 1 saturated heterocycles. The Hall–Kier alpha value is -0.770. The average molecular weight is 227 g/mol. The Morgan fingerprint density at radius 2 is 1.94 bits per heavy atom. The number of nitrogens with zero attached hydrogens (tertiary/aromatic N) is 1. The molecule has 1 aliphatic carbocycles. The van der Waals surface area contributed by atoms with E-state index in [1.54, 1.807) is 4.90 Å². The molecule has 4 heteroatoms. The summed E-state index contributed by atoms with van der Waals surface area (Å²) >= 11 is 0. The van der Waals surface area contributed by atoms with Crippen molar-refractivity contribution in [3.63, 3.8) is 0 Å². The van der Waals surface area contributed by atoms with E-state index in [9.17, 15) is 9.90 Å². The van der Waals surface area contributed by atoms with Crippen LogP contribution >= 0.6 is 0 Å².